The van der Waals surface area contributed by atoms with Crippen LogP contribution in [-0.2, 0) is 4.79 Å². The fraction of sp³-hybridized carbons (Fsp3) is 0.455. The van der Waals surface area contributed by atoms with Gasteiger partial charge >= 0.3 is 5.97 Å². The maximum absolute atomic E-state index is 11.6. The molecule has 2 N–H and O–H groups in total. The van der Waals surface area contributed by atoms with Crippen molar-refractivity contribution in [3.05, 3.63) is 23.7 Å². The fourth-order valence-corrected chi connectivity index (χ4v) is 1.28. The molecule has 5 nitrogen and oxygen atoms in total. The first kappa shape index (κ1) is 12.3. The molecule has 1 amide bonds. The van der Waals surface area contributed by atoms with Gasteiger partial charge < -0.3 is 14.8 Å². The molecule has 0 saturated carbocycles. The Morgan fingerprint density at radius 2 is 2.00 bits per heavy atom. The predicted octanol–water partition coefficient (Wildman–Crippen LogP) is 1.43. The highest BCUT2D eigenvalue weighted by molar-refractivity contribution is 5.94. The van der Waals surface area contributed by atoms with Crippen molar-refractivity contribution >= 4 is 11.9 Å². The van der Waals surface area contributed by atoms with Crippen molar-refractivity contribution in [1.29, 1.82) is 0 Å². The number of carbonyl (C=O) groups is 2. The normalized spacial score (nSPS) is 12.5. The molecule has 0 aliphatic heterocycles. The fourth-order valence-electron chi connectivity index (χ4n) is 1.28. The van der Waals surface area contributed by atoms with E-state index in [1.165, 1.54) is 6.07 Å². The molecule has 0 aromatic carbocycles. The lowest BCUT2D eigenvalue weighted by atomic mass is 10.0. The molecule has 0 saturated heterocycles. The van der Waals surface area contributed by atoms with Gasteiger partial charge in [0.25, 0.3) is 5.91 Å². The average Bonchev–Trinajstić information content (AvgIpc) is 2.59. The Morgan fingerprint density at radius 1 is 1.38 bits per heavy atom. The number of carboxylic acids is 1. The molecule has 0 bridgehead atoms. The second kappa shape index (κ2) is 4.83. The second-order valence-electron chi connectivity index (χ2n) is 3.94. The van der Waals surface area contributed by atoms with Crippen LogP contribution in [0, 0.1) is 12.8 Å². The first-order chi connectivity index (χ1) is 7.41. The number of amides is 1. The lowest BCUT2D eigenvalue weighted by molar-refractivity contribution is -0.140. The summed E-state index contributed by atoms with van der Waals surface area (Å²) in [6.07, 6.45) is 0. The van der Waals surface area contributed by atoms with Crippen LogP contribution in [0.4, 0.5) is 0 Å². The van der Waals surface area contributed by atoms with E-state index in [9.17, 15) is 9.59 Å². The molecule has 0 radical (unpaired) electrons. The molecule has 0 unspecified atom stereocenters. The highest BCUT2D eigenvalue weighted by Crippen LogP contribution is 2.08. The molecule has 88 valence electrons. The summed E-state index contributed by atoms with van der Waals surface area (Å²) in [5.74, 6) is -0.996. The predicted molar refractivity (Wildman–Crippen MR) is 57.2 cm³/mol. The van der Waals surface area contributed by atoms with Gasteiger partial charge in [-0.1, -0.05) is 13.8 Å². The average molecular weight is 225 g/mol. The first-order valence-electron chi connectivity index (χ1n) is 5.02. The van der Waals surface area contributed by atoms with Crippen LogP contribution < -0.4 is 5.32 Å². The number of carboxylic acid groups (broad SMARTS) is 1. The summed E-state index contributed by atoms with van der Waals surface area (Å²) in [5, 5.41) is 11.3. The summed E-state index contributed by atoms with van der Waals surface area (Å²) in [6, 6.07) is 2.27. The number of hydrogen-bond acceptors (Lipinski definition) is 3. The van der Waals surface area contributed by atoms with Gasteiger partial charge in [-0.2, -0.15) is 0 Å². The summed E-state index contributed by atoms with van der Waals surface area (Å²) in [7, 11) is 0. The van der Waals surface area contributed by atoms with Crippen molar-refractivity contribution in [3.8, 4) is 0 Å². The third kappa shape index (κ3) is 2.85. The minimum Gasteiger partial charge on any atom is -0.480 e. The number of aryl methyl sites for hydroxylation is 1. The number of hydrogen-bond donors (Lipinski definition) is 2. The topological polar surface area (TPSA) is 79.5 Å². The van der Waals surface area contributed by atoms with E-state index in [1.807, 2.05) is 0 Å². The van der Waals surface area contributed by atoms with Gasteiger partial charge in [0.1, 0.15) is 11.8 Å². The highest BCUT2D eigenvalue weighted by atomic mass is 16.4. The van der Waals surface area contributed by atoms with Gasteiger partial charge in [0.15, 0.2) is 5.76 Å². The Hall–Kier alpha value is -1.78. The van der Waals surface area contributed by atoms with E-state index in [-0.39, 0.29) is 11.7 Å². The molecule has 0 spiro atoms. The van der Waals surface area contributed by atoms with Crippen molar-refractivity contribution in [2.75, 3.05) is 0 Å². The number of rotatable bonds is 4. The monoisotopic (exact) mass is 225 g/mol. The summed E-state index contributed by atoms with van der Waals surface area (Å²) in [4.78, 5) is 22.5. The SMILES string of the molecule is Cc1ccc(C(=O)N[C@@H](C(=O)O)C(C)C)o1. The molecular weight excluding hydrogens is 210 g/mol. The van der Waals surface area contributed by atoms with Gasteiger partial charge in [-0.05, 0) is 25.0 Å². The molecule has 1 aromatic rings. The lowest BCUT2D eigenvalue weighted by Gasteiger charge is -2.16. The van der Waals surface area contributed by atoms with Gasteiger partial charge in [0, 0.05) is 0 Å². The molecule has 0 aliphatic carbocycles. The summed E-state index contributed by atoms with van der Waals surface area (Å²) >= 11 is 0. The summed E-state index contributed by atoms with van der Waals surface area (Å²) in [5.41, 5.74) is 0. The van der Waals surface area contributed by atoms with E-state index in [4.69, 9.17) is 9.52 Å². The summed E-state index contributed by atoms with van der Waals surface area (Å²) in [6.45, 7) is 5.17. The van der Waals surface area contributed by atoms with Crippen molar-refractivity contribution in [1.82, 2.24) is 5.32 Å². The van der Waals surface area contributed by atoms with Crippen LogP contribution in [0.15, 0.2) is 16.5 Å². The van der Waals surface area contributed by atoms with Crippen molar-refractivity contribution in [2.45, 2.75) is 26.8 Å². The van der Waals surface area contributed by atoms with Crippen LogP contribution in [0.5, 0.6) is 0 Å². The van der Waals surface area contributed by atoms with Gasteiger partial charge in [-0.25, -0.2) is 4.79 Å². The number of carbonyl (C=O) groups excluding carboxylic acids is 1. The van der Waals surface area contributed by atoms with Crippen LogP contribution >= 0.6 is 0 Å². The van der Waals surface area contributed by atoms with Crippen LogP contribution in [-0.4, -0.2) is 23.0 Å². The first-order valence-corrected chi connectivity index (χ1v) is 5.02. The third-order valence-electron chi connectivity index (χ3n) is 2.18. The molecule has 1 aromatic heterocycles. The van der Waals surface area contributed by atoms with E-state index < -0.39 is 17.9 Å². The molecule has 0 aliphatic rings. The zero-order valence-corrected chi connectivity index (χ0v) is 9.48. The summed E-state index contributed by atoms with van der Waals surface area (Å²) < 4.78 is 5.10. The number of furan rings is 1. The molecule has 5 heteroatoms. The van der Waals surface area contributed by atoms with Crippen molar-refractivity contribution in [2.24, 2.45) is 5.92 Å². The standard InChI is InChI=1S/C11H15NO4/c1-6(2)9(11(14)15)12-10(13)8-5-4-7(3)16-8/h4-6,9H,1-3H3,(H,12,13)(H,14,15)/t9-/m1/s1. The van der Waals surface area contributed by atoms with Gasteiger partial charge in [-0.3, -0.25) is 4.79 Å². The number of nitrogens with one attached hydrogen (secondary N) is 1. The van der Waals surface area contributed by atoms with Crippen molar-refractivity contribution in [3.63, 3.8) is 0 Å². The van der Waals surface area contributed by atoms with E-state index >= 15 is 0 Å². The van der Waals surface area contributed by atoms with E-state index in [0.717, 1.165) is 0 Å². The molecule has 16 heavy (non-hydrogen) atoms. The molecule has 1 rings (SSSR count). The Morgan fingerprint density at radius 3 is 2.38 bits per heavy atom. The van der Waals surface area contributed by atoms with E-state index in [1.54, 1.807) is 26.8 Å². The smallest absolute Gasteiger partial charge is 0.326 e. The Kier molecular flexibility index (Phi) is 3.71. The van der Waals surface area contributed by atoms with E-state index in [2.05, 4.69) is 5.32 Å². The molecule has 1 heterocycles. The lowest BCUT2D eigenvalue weighted by Crippen LogP contribution is -2.44. The maximum Gasteiger partial charge on any atom is 0.326 e. The van der Waals surface area contributed by atoms with Crippen LogP contribution in [0.2, 0.25) is 0 Å². The zero-order valence-electron chi connectivity index (χ0n) is 9.48. The van der Waals surface area contributed by atoms with Gasteiger partial charge in [-0.15, -0.1) is 0 Å². The molecule has 1 atom stereocenters. The van der Waals surface area contributed by atoms with Gasteiger partial charge in [0.2, 0.25) is 0 Å². The number of aliphatic carboxylic acids is 1. The quantitative estimate of drug-likeness (QED) is 0.812. The Labute approximate surface area is 93.4 Å². The molecular formula is C11H15NO4. The highest BCUT2D eigenvalue weighted by Gasteiger charge is 2.24. The molecule has 0 fully saturated rings. The van der Waals surface area contributed by atoms with Crippen LogP contribution in [0.3, 0.4) is 0 Å². The Bertz CT molecular complexity index is 394. The second-order valence-corrected chi connectivity index (χ2v) is 3.94. The Balaban J connectivity index is 2.73. The maximum atomic E-state index is 11.6. The van der Waals surface area contributed by atoms with Gasteiger partial charge in [0.05, 0.1) is 0 Å². The van der Waals surface area contributed by atoms with E-state index in [0.29, 0.717) is 5.76 Å². The van der Waals surface area contributed by atoms with Crippen LogP contribution in [0.25, 0.3) is 0 Å². The largest absolute Gasteiger partial charge is 0.480 e. The van der Waals surface area contributed by atoms with Crippen LogP contribution in [0.1, 0.15) is 30.2 Å². The minimum absolute atomic E-state index is 0.129. The van der Waals surface area contributed by atoms with Crippen molar-refractivity contribution < 1.29 is 19.1 Å². The third-order valence-corrected chi connectivity index (χ3v) is 2.18. The minimum atomic E-state index is -1.05. The zero-order chi connectivity index (χ0) is 12.3.